The SMILES string of the molecule is CCC[C@H](C)CCC(=O)NC.NC=O. The molecule has 0 aliphatic rings. The molecule has 1 atom stereocenters. The molecule has 0 radical (unpaired) electrons. The van der Waals surface area contributed by atoms with Crippen LogP contribution in [0, 0.1) is 5.92 Å². The zero-order valence-electron chi connectivity index (χ0n) is 9.38. The zero-order valence-corrected chi connectivity index (χ0v) is 9.38. The van der Waals surface area contributed by atoms with Crippen molar-refractivity contribution in [1.29, 1.82) is 0 Å². The molecule has 3 N–H and O–H groups in total. The molecule has 4 heteroatoms. The van der Waals surface area contributed by atoms with Crippen LogP contribution in [-0.4, -0.2) is 19.4 Å². The van der Waals surface area contributed by atoms with Crippen LogP contribution in [0.25, 0.3) is 0 Å². The molecule has 0 aliphatic heterocycles. The molecule has 0 aromatic carbocycles. The molecule has 84 valence electrons. The highest BCUT2D eigenvalue weighted by Gasteiger charge is 2.03. The van der Waals surface area contributed by atoms with Gasteiger partial charge in [-0.15, -0.1) is 0 Å². The van der Waals surface area contributed by atoms with E-state index >= 15 is 0 Å². The Morgan fingerprint density at radius 1 is 1.50 bits per heavy atom. The van der Waals surface area contributed by atoms with Gasteiger partial charge in [0.05, 0.1) is 0 Å². The van der Waals surface area contributed by atoms with Crippen LogP contribution in [0.1, 0.15) is 39.5 Å². The van der Waals surface area contributed by atoms with Crippen molar-refractivity contribution in [2.24, 2.45) is 11.7 Å². The molecule has 0 saturated heterocycles. The van der Waals surface area contributed by atoms with Crippen LogP contribution < -0.4 is 11.1 Å². The van der Waals surface area contributed by atoms with Crippen LogP contribution in [0.15, 0.2) is 0 Å². The van der Waals surface area contributed by atoms with E-state index in [1.807, 2.05) is 0 Å². The lowest BCUT2D eigenvalue weighted by atomic mass is 10.0. The van der Waals surface area contributed by atoms with Gasteiger partial charge >= 0.3 is 0 Å². The van der Waals surface area contributed by atoms with E-state index in [1.165, 1.54) is 12.8 Å². The number of amides is 2. The first-order valence-electron chi connectivity index (χ1n) is 4.98. The maximum absolute atomic E-state index is 10.8. The summed E-state index contributed by atoms with van der Waals surface area (Å²) in [6.45, 7) is 4.38. The first-order chi connectivity index (χ1) is 6.62. The number of rotatable bonds is 5. The van der Waals surface area contributed by atoms with Crippen molar-refractivity contribution in [2.45, 2.75) is 39.5 Å². The van der Waals surface area contributed by atoms with Gasteiger partial charge in [-0.05, 0) is 12.3 Å². The molecule has 0 unspecified atom stereocenters. The lowest BCUT2D eigenvalue weighted by Gasteiger charge is -2.07. The zero-order chi connectivity index (χ0) is 11.4. The minimum atomic E-state index is 0.160. The van der Waals surface area contributed by atoms with Gasteiger partial charge in [-0.2, -0.15) is 0 Å². The normalized spacial score (nSPS) is 10.8. The monoisotopic (exact) mass is 202 g/mol. The van der Waals surface area contributed by atoms with Crippen molar-refractivity contribution in [3.63, 3.8) is 0 Å². The number of hydrogen-bond acceptors (Lipinski definition) is 2. The topological polar surface area (TPSA) is 72.2 Å². The average molecular weight is 202 g/mol. The summed E-state index contributed by atoms with van der Waals surface area (Å²) in [5, 5.41) is 2.62. The molecular formula is C10H22N2O2. The van der Waals surface area contributed by atoms with Crippen molar-refractivity contribution in [2.75, 3.05) is 7.05 Å². The van der Waals surface area contributed by atoms with Crippen LogP contribution in [0.3, 0.4) is 0 Å². The highest BCUT2D eigenvalue weighted by atomic mass is 16.1. The predicted octanol–water partition coefficient (Wildman–Crippen LogP) is 1.05. The van der Waals surface area contributed by atoms with Gasteiger partial charge in [-0.3, -0.25) is 9.59 Å². The Balaban J connectivity index is 0. The molecular weight excluding hydrogens is 180 g/mol. The highest BCUT2D eigenvalue weighted by molar-refractivity contribution is 5.75. The summed E-state index contributed by atoms with van der Waals surface area (Å²) in [4.78, 5) is 19.4. The Morgan fingerprint density at radius 3 is 2.36 bits per heavy atom. The van der Waals surface area contributed by atoms with E-state index in [4.69, 9.17) is 4.79 Å². The molecule has 2 amide bonds. The van der Waals surface area contributed by atoms with E-state index in [2.05, 4.69) is 24.9 Å². The minimum absolute atomic E-state index is 0.160. The average Bonchev–Trinajstić information content (AvgIpc) is 2.16. The molecule has 0 heterocycles. The van der Waals surface area contributed by atoms with Gasteiger partial charge in [-0.1, -0.05) is 26.7 Å². The van der Waals surface area contributed by atoms with Crippen molar-refractivity contribution >= 4 is 12.3 Å². The Bertz CT molecular complexity index is 149. The van der Waals surface area contributed by atoms with Gasteiger partial charge in [-0.25, -0.2) is 0 Å². The fraction of sp³-hybridized carbons (Fsp3) is 0.800. The van der Waals surface area contributed by atoms with Gasteiger partial charge in [0.25, 0.3) is 0 Å². The van der Waals surface area contributed by atoms with Gasteiger partial charge in [0.1, 0.15) is 0 Å². The van der Waals surface area contributed by atoms with Gasteiger partial charge < -0.3 is 11.1 Å². The summed E-state index contributed by atoms with van der Waals surface area (Å²) < 4.78 is 0. The van der Waals surface area contributed by atoms with Gasteiger partial charge in [0.2, 0.25) is 12.3 Å². The standard InChI is InChI=1S/C9H19NO.CH3NO/c1-4-5-8(2)6-7-9(11)10-3;2-1-3/h8H,4-7H2,1-3H3,(H,10,11);1H,(H2,2,3)/t8-;/m0./s1. The minimum Gasteiger partial charge on any atom is -0.372 e. The molecule has 0 aliphatic carbocycles. The molecule has 0 spiro atoms. The third-order valence-electron chi connectivity index (χ3n) is 1.92. The number of carbonyl (C=O) groups is 2. The van der Waals surface area contributed by atoms with Crippen LogP contribution in [0.2, 0.25) is 0 Å². The summed E-state index contributed by atoms with van der Waals surface area (Å²) in [6.07, 6.45) is 4.40. The van der Waals surface area contributed by atoms with Crippen LogP contribution in [0.4, 0.5) is 0 Å². The first-order valence-corrected chi connectivity index (χ1v) is 4.98. The molecule has 14 heavy (non-hydrogen) atoms. The largest absolute Gasteiger partial charge is 0.372 e. The number of carbonyl (C=O) groups excluding carboxylic acids is 2. The lowest BCUT2D eigenvalue weighted by Crippen LogP contribution is -2.18. The molecule has 0 aromatic rings. The maximum atomic E-state index is 10.8. The van der Waals surface area contributed by atoms with Crippen molar-refractivity contribution in [3.05, 3.63) is 0 Å². The maximum Gasteiger partial charge on any atom is 0.219 e. The summed E-state index contributed by atoms with van der Waals surface area (Å²) >= 11 is 0. The molecule has 0 bridgehead atoms. The number of hydrogen-bond donors (Lipinski definition) is 2. The van der Waals surface area contributed by atoms with Gasteiger partial charge in [0, 0.05) is 13.5 Å². The second-order valence-electron chi connectivity index (χ2n) is 3.24. The Labute approximate surface area is 86.2 Å². The van der Waals surface area contributed by atoms with E-state index in [0.717, 1.165) is 6.42 Å². The lowest BCUT2D eigenvalue weighted by molar-refractivity contribution is -0.120. The van der Waals surface area contributed by atoms with E-state index in [0.29, 0.717) is 12.3 Å². The quantitative estimate of drug-likeness (QED) is 0.654. The van der Waals surface area contributed by atoms with Crippen molar-refractivity contribution < 1.29 is 9.59 Å². The number of primary amides is 1. The highest BCUT2D eigenvalue weighted by Crippen LogP contribution is 2.11. The second kappa shape index (κ2) is 11.9. The molecule has 0 rings (SSSR count). The third kappa shape index (κ3) is 13.5. The summed E-state index contributed by atoms with van der Waals surface area (Å²) in [6, 6.07) is 0. The first kappa shape index (κ1) is 15.4. The van der Waals surface area contributed by atoms with E-state index in [-0.39, 0.29) is 12.3 Å². The smallest absolute Gasteiger partial charge is 0.219 e. The predicted molar refractivity (Wildman–Crippen MR) is 57.6 cm³/mol. The van der Waals surface area contributed by atoms with Crippen LogP contribution in [0.5, 0.6) is 0 Å². The summed E-state index contributed by atoms with van der Waals surface area (Å²) in [5.74, 6) is 0.852. The fourth-order valence-corrected chi connectivity index (χ4v) is 1.14. The van der Waals surface area contributed by atoms with E-state index in [1.54, 1.807) is 7.05 Å². The van der Waals surface area contributed by atoms with E-state index in [9.17, 15) is 4.79 Å². The molecule has 0 saturated carbocycles. The summed E-state index contributed by atoms with van der Waals surface area (Å²) in [5.41, 5.74) is 4.17. The second-order valence-corrected chi connectivity index (χ2v) is 3.24. The van der Waals surface area contributed by atoms with Crippen LogP contribution in [-0.2, 0) is 9.59 Å². The third-order valence-corrected chi connectivity index (χ3v) is 1.92. The van der Waals surface area contributed by atoms with Crippen molar-refractivity contribution in [3.8, 4) is 0 Å². The summed E-state index contributed by atoms with van der Waals surface area (Å²) in [7, 11) is 1.69. The molecule has 0 fully saturated rings. The number of nitrogens with two attached hydrogens (primary N) is 1. The molecule has 4 nitrogen and oxygen atoms in total. The Kier molecular flexibility index (Phi) is 13.1. The Morgan fingerprint density at radius 2 is 2.00 bits per heavy atom. The van der Waals surface area contributed by atoms with Gasteiger partial charge in [0.15, 0.2) is 0 Å². The van der Waals surface area contributed by atoms with Crippen LogP contribution >= 0.6 is 0 Å². The fourth-order valence-electron chi connectivity index (χ4n) is 1.14. The van der Waals surface area contributed by atoms with E-state index < -0.39 is 0 Å². The Hall–Kier alpha value is -1.06. The number of nitrogens with one attached hydrogen (secondary N) is 1. The van der Waals surface area contributed by atoms with Crippen molar-refractivity contribution in [1.82, 2.24) is 5.32 Å². The molecule has 0 aromatic heterocycles.